The summed E-state index contributed by atoms with van der Waals surface area (Å²) < 4.78 is 18.8. The zero-order valence-corrected chi connectivity index (χ0v) is 11.2. The van der Waals surface area contributed by atoms with Crippen molar-refractivity contribution >= 4 is 24.1 Å². The van der Waals surface area contributed by atoms with Crippen LogP contribution >= 0.6 is 18.1 Å². The van der Waals surface area contributed by atoms with Gasteiger partial charge in [-0.2, -0.15) is 4.67 Å². The summed E-state index contributed by atoms with van der Waals surface area (Å²) in [6.45, 7) is -3.28. The quantitative estimate of drug-likeness (QED) is 0.863. The molecule has 18 heavy (non-hydrogen) atoms. The van der Waals surface area contributed by atoms with Gasteiger partial charge in [0.15, 0.2) is 0 Å². The topological polar surface area (TPSA) is 66.8 Å². The van der Waals surface area contributed by atoms with E-state index in [-0.39, 0.29) is 0 Å². The summed E-state index contributed by atoms with van der Waals surface area (Å²) in [7, 11) is 0. The van der Waals surface area contributed by atoms with E-state index in [0.717, 1.165) is 0 Å². The van der Waals surface area contributed by atoms with Gasteiger partial charge in [-0.25, -0.2) is 4.57 Å². The molecule has 1 heterocycles. The smallest absolute Gasteiger partial charge is 0.412 e. The molecule has 1 aliphatic rings. The van der Waals surface area contributed by atoms with Gasteiger partial charge in [-0.3, -0.25) is 4.79 Å². The van der Waals surface area contributed by atoms with E-state index in [4.69, 9.17) is 20.9 Å². The van der Waals surface area contributed by atoms with Gasteiger partial charge in [0.1, 0.15) is 11.8 Å². The van der Waals surface area contributed by atoms with Gasteiger partial charge in [-0.15, -0.1) is 0 Å². The highest BCUT2D eigenvalue weighted by Gasteiger charge is 2.43. The Balaban J connectivity index is 2.16. The number of aliphatic carboxylic acids is 1. The van der Waals surface area contributed by atoms with E-state index >= 15 is 0 Å². The Kier molecular flexibility index (Phi) is 3.95. The van der Waals surface area contributed by atoms with Gasteiger partial charge < -0.3 is 9.63 Å². The third kappa shape index (κ3) is 2.86. The molecule has 1 N–H and O–H groups in total. The van der Waals surface area contributed by atoms with Crippen LogP contribution in [0.15, 0.2) is 30.3 Å². The van der Waals surface area contributed by atoms with Crippen LogP contribution in [0.1, 0.15) is 12.8 Å². The molecule has 1 aromatic rings. The van der Waals surface area contributed by atoms with Crippen molar-refractivity contribution in [3.63, 3.8) is 0 Å². The van der Waals surface area contributed by atoms with Crippen LogP contribution in [0.4, 0.5) is 0 Å². The number of nitrogens with zero attached hydrogens (tertiary/aromatic N) is 1. The maximum atomic E-state index is 12.3. The molecular weight excluding hydrogens is 277 g/mol. The van der Waals surface area contributed by atoms with Crippen molar-refractivity contribution in [2.75, 3.05) is 6.54 Å². The first-order valence-electron chi connectivity index (χ1n) is 5.55. The molecular formula is C11H13ClNO4P. The van der Waals surface area contributed by atoms with Crippen molar-refractivity contribution < 1.29 is 19.0 Å². The molecule has 0 saturated carbocycles. The normalized spacial score (nSPS) is 23.5. The maximum Gasteiger partial charge on any atom is 0.412 e. The molecule has 1 aliphatic heterocycles. The molecule has 2 atom stereocenters. The van der Waals surface area contributed by atoms with E-state index in [2.05, 4.69) is 0 Å². The summed E-state index contributed by atoms with van der Waals surface area (Å²) >= 11 is 5.91. The Morgan fingerprint density at radius 1 is 1.44 bits per heavy atom. The van der Waals surface area contributed by atoms with Crippen LogP contribution in [0.3, 0.4) is 0 Å². The molecule has 2 rings (SSSR count). The third-order valence-electron chi connectivity index (χ3n) is 2.78. The minimum Gasteiger partial charge on any atom is -0.480 e. The summed E-state index contributed by atoms with van der Waals surface area (Å²) in [5.74, 6) is -0.656. The van der Waals surface area contributed by atoms with Crippen LogP contribution in [-0.4, -0.2) is 28.3 Å². The lowest BCUT2D eigenvalue weighted by molar-refractivity contribution is -0.140. The molecule has 0 bridgehead atoms. The Morgan fingerprint density at radius 2 is 2.11 bits per heavy atom. The highest BCUT2D eigenvalue weighted by molar-refractivity contribution is 7.83. The Hall–Kier alpha value is -1.03. The van der Waals surface area contributed by atoms with Crippen molar-refractivity contribution in [1.29, 1.82) is 0 Å². The number of para-hydroxylation sites is 1. The third-order valence-corrected chi connectivity index (χ3v) is 5.10. The Bertz CT molecular complexity index is 481. The number of halogens is 1. The maximum absolute atomic E-state index is 12.3. The molecule has 0 aromatic heterocycles. The molecule has 1 saturated heterocycles. The van der Waals surface area contributed by atoms with Gasteiger partial charge in [-0.05, 0) is 25.0 Å². The average molecular weight is 290 g/mol. The van der Waals surface area contributed by atoms with Crippen molar-refractivity contribution in [2.24, 2.45) is 0 Å². The highest BCUT2D eigenvalue weighted by atomic mass is 35.7. The Morgan fingerprint density at radius 3 is 2.72 bits per heavy atom. The number of carboxylic acids is 1. The predicted molar refractivity (Wildman–Crippen MR) is 67.9 cm³/mol. The molecule has 1 unspecified atom stereocenters. The summed E-state index contributed by atoms with van der Waals surface area (Å²) in [6.07, 6.45) is 1.08. The van der Waals surface area contributed by atoms with Crippen molar-refractivity contribution in [3.8, 4) is 5.75 Å². The minimum absolute atomic E-state index is 0.366. The standard InChI is InChI=1S/C11H13ClNO4P/c12-18(16,17-9-5-2-1-3-6-9)13-8-4-7-10(13)11(14)15/h1-3,5-6,10H,4,7-8H2,(H,14,15)/t10-,18?/m0/s1. The number of hydrogen-bond donors (Lipinski definition) is 1. The van der Waals surface area contributed by atoms with Crippen molar-refractivity contribution in [1.82, 2.24) is 4.67 Å². The second-order valence-electron chi connectivity index (χ2n) is 4.02. The first kappa shape index (κ1) is 13.4. The van der Waals surface area contributed by atoms with Crippen molar-refractivity contribution in [3.05, 3.63) is 30.3 Å². The lowest BCUT2D eigenvalue weighted by Gasteiger charge is -2.25. The molecule has 1 fully saturated rings. The zero-order valence-electron chi connectivity index (χ0n) is 9.53. The second-order valence-corrected chi connectivity index (χ2v) is 6.90. The fourth-order valence-electron chi connectivity index (χ4n) is 1.95. The molecule has 0 aliphatic carbocycles. The molecule has 0 amide bonds. The predicted octanol–water partition coefficient (Wildman–Crippen LogP) is 2.96. The van der Waals surface area contributed by atoms with Crippen LogP contribution in [0, 0.1) is 0 Å². The Labute approximate surface area is 110 Å². The van der Waals surface area contributed by atoms with Gasteiger partial charge in [-0.1, -0.05) is 18.2 Å². The van der Waals surface area contributed by atoms with Gasteiger partial charge in [0.25, 0.3) is 0 Å². The molecule has 7 heteroatoms. The fraction of sp³-hybridized carbons (Fsp3) is 0.364. The van der Waals surface area contributed by atoms with Gasteiger partial charge >= 0.3 is 12.8 Å². The number of carbonyl (C=O) groups is 1. The molecule has 0 radical (unpaired) electrons. The second kappa shape index (κ2) is 5.31. The number of carboxylic acid groups (broad SMARTS) is 1. The largest absolute Gasteiger partial charge is 0.480 e. The molecule has 98 valence electrons. The monoisotopic (exact) mass is 289 g/mol. The van der Waals surface area contributed by atoms with Crippen molar-refractivity contribution in [2.45, 2.75) is 18.9 Å². The van der Waals surface area contributed by atoms with Crippen LogP contribution in [0.25, 0.3) is 0 Å². The van der Waals surface area contributed by atoms with Crippen LogP contribution in [-0.2, 0) is 9.36 Å². The molecule has 1 aromatic carbocycles. The lowest BCUT2D eigenvalue weighted by atomic mass is 10.2. The average Bonchev–Trinajstić information content (AvgIpc) is 2.79. The summed E-state index contributed by atoms with van der Waals surface area (Å²) in [6, 6.07) is 7.66. The van der Waals surface area contributed by atoms with Gasteiger partial charge in [0, 0.05) is 17.8 Å². The van der Waals surface area contributed by atoms with Crippen LogP contribution in [0.2, 0.25) is 0 Å². The van der Waals surface area contributed by atoms with Gasteiger partial charge in [0.05, 0.1) is 0 Å². The van der Waals surface area contributed by atoms with E-state index in [1.54, 1.807) is 30.3 Å². The zero-order chi connectivity index (χ0) is 13.2. The number of rotatable bonds is 4. The van der Waals surface area contributed by atoms with E-state index < -0.39 is 18.9 Å². The van der Waals surface area contributed by atoms with E-state index in [1.165, 1.54) is 4.67 Å². The minimum atomic E-state index is -3.65. The SMILES string of the molecule is O=C(O)[C@@H]1CCCN1P(=O)(Cl)Oc1ccccc1. The summed E-state index contributed by atoms with van der Waals surface area (Å²) in [4.78, 5) is 11.0. The summed E-state index contributed by atoms with van der Waals surface area (Å²) in [5, 5.41) is 9.04. The van der Waals surface area contributed by atoms with Crippen LogP contribution in [0.5, 0.6) is 5.75 Å². The van der Waals surface area contributed by atoms with E-state index in [1.807, 2.05) is 0 Å². The highest BCUT2D eigenvalue weighted by Crippen LogP contribution is 2.58. The lowest BCUT2D eigenvalue weighted by Crippen LogP contribution is -2.33. The molecule has 0 spiro atoms. The first-order chi connectivity index (χ1) is 8.50. The molecule has 5 nitrogen and oxygen atoms in total. The number of benzene rings is 1. The van der Waals surface area contributed by atoms with Gasteiger partial charge in [0.2, 0.25) is 0 Å². The van der Waals surface area contributed by atoms with E-state index in [0.29, 0.717) is 25.1 Å². The van der Waals surface area contributed by atoms with Crippen LogP contribution < -0.4 is 4.52 Å². The first-order valence-corrected chi connectivity index (χ1v) is 8.03. The summed E-state index contributed by atoms with van der Waals surface area (Å²) in [5.41, 5.74) is 0. The number of hydrogen-bond acceptors (Lipinski definition) is 3. The fourth-order valence-corrected chi connectivity index (χ4v) is 4.15. The van der Waals surface area contributed by atoms with E-state index in [9.17, 15) is 9.36 Å².